The maximum absolute atomic E-state index is 12.4. The molecule has 1 aliphatic rings. The fourth-order valence-corrected chi connectivity index (χ4v) is 3.51. The van der Waals surface area contributed by atoms with Gasteiger partial charge in [-0.25, -0.2) is 0 Å². The number of hydrogen-bond acceptors (Lipinski definition) is 4. The van der Waals surface area contributed by atoms with Gasteiger partial charge in [-0.2, -0.15) is 0 Å². The standard InChI is InChI=1S/C23H29N3O3/c1-18(27)24-21-8-5-9-22(14-21)25-23(28)15-26-12-10-20(11-13-26)17-29-16-19-6-3-2-4-7-19/h2-9,14,20H,10-13,15-17H2,1H3,(H,24,27)(H,25,28). The molecule has 154 valence electrons. The van der Waals surface area contributed by atoms with E-state index in [9.17, 15) is 9.59 Å². The van der Waals surface area contributed by atoms with Gasteiger partial charge in [0.15, 0.2) is 0 Å². The molecule has 3 rings (SSSR count). The van der Waals surface area contributed by atoms with E-state index >= 15 is 0 Å². The van der Waals surface area contributed by atoms with E-state index in [0.717, 1.165) is 32.5 Å². The molecule has 0 radical (unpaired) electrons. The molecule has 0 aliphatic carbocycles. The van der Waals surface area contributed by atoms with Crippen LogP contribution >= 0.6 is 0 Å². The Morgan fingerprint density at radius 2 is 1.69 bits per heavy atom. The largest absolute Gasteiger partial charge is 0.376 e. The summed E-state index contributed by atoms with van der Waals surface area (Å²) in [6.07, 6.45) is 2.08. The average molecular weight is 396 g/mol. The fourth-order valence-electron chi connectivity index (χ4n) is 3.51. The van der Waals surface area contributed by atoms with E-state index in [4.69, 9.17) is 4.74 Å². The maximum Gasteiger partial charge on any atom is 0.238 e. The minimum Gasteiger partial charge on any atom is -0.376 e. The van der Waals surface area contributed by atoms with Gasteiger partial charge >= 0.3 is 0 Å². The maximum atomic E-state index is 12.4. The molecule has 2 amide bonds. The third-order valence-electron chi connectivity index (χ3n) is 5.01. The summed E-state index contributed by atoms with van der Waals surface area (Å²) in [7, 11) is 0. The normalized spacial score (nSPS) is 15.1. The molecule has 0 spiro atoms. The summed E-state index contributed by atoms with van der Waals surface area (Å²) in [5.74, 6) is 0.375. The van der Waals surface area contributed by atoms with Crippen molar-refractivity contribution in [2.45, 2.75) is 26.4 Å². The Hall–Kier alpha value is -2.70. The molecule has 1 heterocycles. The van der Waals surface area contributed by atoms with Crippen LogP contribution in [0.15, 0.2) is 54.6 Å². The number of carbonyl (C=O) groups excluding carboxylic acids is 2. The number of nitrogens with one attached hydrogen (secondary N) is 2. The zero-order valence-corrected chi connectivity index (χ0v) is 16.9. The molecule has 0 aromatic heterocycles. The number of carbonyl (C=O) groups is 2. The van der Waals surface area contributed by atoms with Crippen LogP contribution in [-0.2, 0) is 20.9 Å². The first-order chi connectivity index (χ1) is 14.1. The zero-order chi connectivity index (χ0) is 20.5. The van der Waals surface area contributed by atoms with Gasteiger partial charge in [0.1, 0.15) is 0 Å². The second kappa shape index (κ2) is 10.7. The first kappa shape index (κ1) is 21.0. The number of nitrogens with zero attached hydrogens (tertiary/aromatic N) is 1. The Labute approximate surface area is 172 Å². The Morgan fingerprint density at radius 1 is 1.00 bits per heavy atom. The van der Waals surface area contributed by atoms with Gasteiger partial charge in [0.05, 0.1) is 13.2 Å². The summed E-state index contributed by atoms with van der Waals surface area (Å²) < 4.78 is 5.87. The lowest BCUT2D eigenvalue weighted by Gasteiger charge is -2.31. The van der Waals surface area contributed by atoms with Crippen LogP contribution in [0.5, 0.6) is 0 Å². The number of likely N-dealkylation sites (tertiary alicyclic amines) is 1. The van der Waals surface area contributed by atoms with Crippen molar-refractivity contribution in [2.75, 3.05) is 36.9 Å². The van der Waals surface area contributed by atoms with Crippen molar-refractivity contribution in [3.63, 3.8) is 0 Å². The lowest BCUT2D eigenvalue weighted by Crippen LogP contribution is -2.40. The van der Waals surface area contributed by atoms with Crippen LogP contribution in [0, 0.1) is 5.92 Å². The van der Waals surface area contributed by atoms with Crippen LogP contribution in [0.3, 0.4) is 0 Å². The monoisotopic (exact) mass is 395 g/mol. The molecule has 0 saturated carbocycles. The minimum atomic E-state index is -0.135. The number of ether oxygens (including phenoxy) is 1. The van der Waals surface area contributed by atoms with Crippen molar-refractivity contribution in [3.8, 4) is 0 Å². The molecule has 0 atom stereocenters. The van der Waals surface area contributed by atoms with Gasteiger partial charge in [-0.05, 0) is 55.6 Å². The molecular formula is C23H29N3O3. The van der Waals surface area contributed by atoms with E-state index in [1.165, 1.54) is 12.5 Å². The summed E-state index contributed by atoms with van der Waals surface area (Å²) in [5, 5.41) is 5.63. The Bertz CT molecular complexity index is 802. The van der Waals surface area contributed by atoms with E-state index in [1.807, 2.05) is 30.3 Å². The minimum absolute atomic E-state index is 0.0382. The van der Waals surface area contributed by atoms with Gasteiger partial charge in [-0.3, -0.25) is 14.5 Å². The second-order valence-electron chi connectivity index (χ2n) is 7.53. The SMILES string of the molecule is CC(=O)Nc1cccc(NC(=O)CN2CCC(COCc3ccccc3)CC2)c1. The van der Waals surface area contributed by atoms with Gasteiger partial charge < -0.3 is 15.4 Å². The first-order valence-electron chi connectivity index (χ1n) is 10.1. The fraction of sp³-hybridized carbons (Fsp3) is 0.391. The number of benzene rings is 2. The van der Waals surface area contributed by atoms with Crippen LogP contribution in [-0.4, -0.2) is 43.0 Å². The Morgan fingerprint density at radius 3 is 2.38 bits per heavy atom. The summed E-state index contributed by atoms with van der Waals surface area (Å²) in [6.45, 7) is 5.06. The van der Waals surface area contributed by atoms with Crippen molar-refractivity contribution in [2.24, 2.45) is 5.92 Å². The molecule has 0 unspecified atom stereocenters. The lowest BCUT2D eigenvalue weighted by molar-refractivity contribution is -0.117. The topological polar surface area (TPSA) is 70.7 Å². The molecule has 0 bridgehead atoms. The number of piperidine rings is 1. The highest BCUT2D eigenvalue weighted by molar-refractivity contribution is 5.94. The van der Waals surface area contributed by atoms with E-state index in [1.54, 1.807) is 12.1 Å². The zero-order valence-electron chi connectivity index (χ0n) is 16.9. The third-order valence-corrected chi connectivity index (χ3v) is 5.01. The van der Waals surface area contributed by atoms with Crippen molar-refractivity contribution >= 4 is 23.2 Å². The summed E-state index contributed by atoms with van der Waals surface area (Å²) in [6, 6.07) is 17.4. The van der Waals surface area contributed by atoms with Gasteiger partial charge in [0, 0.05) is 24.9 Å². The molecule has 1 saturated heterocycles. The van der Waals surface area contributed by atoms with E-state index in [-0.39, 0.29) is 11.8 Å². The number of hydrogen-bond donors (Lipinski definition) is 2. The predicted octanol–water partition coefficient (Wildman–Crippen LogP) is 3.51. The van der Waals surface area contributed by atoms with E-state index in [0.29, 0.717) is 30.4 Å². The molecule has 1 fully saturated rings. The van der Waals surface area contributed by atoms with Crippen LogP contribution in [0.1, 0.15) is 25.3 Å². The van der Waals surface area contributed by atoms with Gasteiger partial charge in [0.2, 0.25) is 11.8 Å². The van der Waals surface area contributed by atoms with Crippen LogP contribution in [0.25, 0.3) is 0 Å². The van der Waals surface area contributed by atoms with Gasteiger partial charge in [-0.15, -0.1) is 0 Å². The Kier molecular flexibility index (Phi) is 7.78. The summed E-state index contributed by atoms with van der Waals surface area (Å²) in [4.78, 5) is 25.7. The van der Waals surface area contributed by atoms with Gasteiger partial charge in [0.25, 0.3) is 0 Å². The highest BCUT2D eigenvalue weighted by atomic mass is 16.5. The first-order valence-corrected chi connectivity index (χ1v) is 10.1. The van der Waals surface area contributed by atoms with E-state index < -0.39 is 0 Å². The summed E-state index contributed by atoms with van der Waals surface area (Å²) in [5.41, 5.74) is 2.56. The third kappa shape index (κ3) is 7.33. The smallest absolute Gasteiger partial charge is 0.238 e. The second-order valence-corrected chi connectivity index (χ2v) is 7.53. The molecule has 6 nitrogen and oxygen atoms in total. The van der Waals surface area contributed by atoms with Crippen LogP contribution in [0.2, 0.25) is 0 Å². The molecule has 2 aromatic carbocycles. The van der Waals surface area contributed by atoms with Crippen LogP contribution < -0.4 is 10.6 Å². The number of amides is 2. The molecule has 2 N–H and O–H groups in total. The molecule has 1 aliphatic heterocycles. The molecule has 6 heteroatoms. The highest BCUT2D eigenvalue weighted by Gasteiger charge is 2.21. The van der Waals surface area contributed by atoms with Crippen molar-refractivity contribution in [1.29, 1.82) is 0 Å². The van der Waals surface area contributed by atoms with Crippen LogP contribution in [0.4, 0.5) is 11.4 Å². The Balaban J connectivity index is 1.36. The van der Waals surface area contributed by atoms with Gasteiger partial charge in [-0.1, -0.05) is 36.4 Å². The molecule has 2 aromatic rings. The average Bonchev–Trinajstić information content (AvgIpc) is 2.70. The highest BCUT2D eigenvalue weighted by Crippen LogP contribution is 2.19. The van der Waals surface area contributed by atoms with Crippen molar-refractivity contribution < 1.29 is 14.3 Å². The summed E-state index contributed by atoms with van der Waals surface area (Å²) >= 11 is 0. The quantitative estimate of drug-likeness (QED) is 0.718. The number of anilines is 2. The number of rotatable bonds is 8. The van der Waals surface area contributed by atoms with Crippen molar-refractivity contribution in [1.82, 2.24) is 4.90 Å². The lowest BCUT2D eigenvalue weighted by atomic mass is 9.98. The van der Waals surface area contributed by atoms with Crippen molar-refractivity contribution in [3.05, 3.63) is 60.2 Å². The molecule has 29 heavy (non-hydrogen) atoms. The predicted molar refractivity (Wildman–Crippen MR) is 115 cm³/mol. The van der Waals surface area contributed by atoms with E-state index in [2.05, 4.69) is 27.7 Å². The molecular weight excluding hydrogens is 366 g/mol.